The first-order valence-electron chi connectivity index (χ1n) is 5.67. The van der Waals surface area contributed by atoms with Crippen LogP contribution < -0.4 is 0 Å². The second-order valence-corrected chi connectivity index (χ2v) is 5.12. The summed E-state index contributed by atoms with van der Waals surface area (Å²) in [5.41, 5.74) is 3.29. The van der Waals surface area contributed by atoms with Gasteiger partial charge in [0, 0.05) is 28.5 Å². The number of fused-ring (bicyclic) bond motifs is 1. The van der Waals surface area contributed by atoms with Gasteiger partial charge in [0.1, 0.15) is 0 Å². The largest absolute Gasteiger partial charge is 0.344 e. The predicted octanol–water partition coefficient (Wildman–Crippen LogP) is 5.15. The van der Waals surface area contributed by atoms with Crippen LogP contribution in [0.15, 0.2) is 48.5 Å². The molecule has 0 aliphatic rings. The molecule has 2 aromatic carbocycles. The molecule has 1 heterocycles. The first-order valence-corrected chi connectivity index (χ1v) is 6.42. The average molecular weight is 276 g/mol. The molecule has 0 atom stereocenters. The van der Waals surface area contributed by atoms with Gasteiger partial charge in [-0.15, -0.1) is 0 Å². The summed E-state index contributed by atoms with van der Waals surface area (Å²) in [7, 11) is 2.04. The van der Waals surface area contributed by atoms with E-state index in [0.29, 0.717) is 10.0 Å². The van der Waals surface area contributed by atoms with Crippen LogP contribution in [0.5, 0.6) is 0 Å². The van der Waals surface area contributed by atoms with Crippen LogP contribution in [0.3, 0.4) is 0 Å². The first kappa shape index (κ1) is 11.6. The molecule has 1 aromatic heterocycles. The van der Waals surface area contributed by atoms with Crippen LogP contribution in [-0.4, -0.2) is 4.57 Å². The second-order valence-electron chi connectivity index (χ2n) is 4.27. The van der Waals surface area contributed by atoms with Crippen molar-refractivity contribution in [3.8, 4) is 11.3 Å². The summed E-state index contributed by atoms with van der Waals surface area (Å²) in [5.74, 6) is 0. The van der Waals surface area contributed by atoms with Crippen molar-refractivity contribution in [3.63, 3.8) is 0 Å². The van der Waals surface area contributed by atoms with Crippen LogP contribution in [0.2, 0.25) is 10.0 Å². The standard InChI is InChI=1S/C15H11Cl2N/c1-18-14-5-3-2-4-10(14)8-15(18)12-7-6-11(16)9-13(12)17/h2-9H,1H3. The van der Waals surface area contributed by atoms with Crippen molar-refractivity contribution in [1.29, 1.82) is 0 Å². The molecule has 1 nitrogen and oxygen atoms in total. The summed E-state index contributed by atoms with van der Waals surface area (Å²) in [5, 5.41) is 2.54. The molecule has 3 heteroatoms. The van der Waals surface area contributed by atoms with Crippen molar-refractivity contribution in [2.45, 2.75) is 0 Å². The zero-order valence-corrected chi connectivity index (χ0v) is 11.3. The Morgan fingerprint density at radius 3 is 2.44 bits per heavy atom. The van der Waals surface area contributed by atoms with E-state index in [0.717, 1.165) is 11.3 Å². The second kappa shape index (κ2) is 4.34. The molecule has 0 saturated carbocycles. The van der Waals surface area contributed by atoms with Gasteiger partial charge in [-0.3, -0.25) is 0 Å². The lowest BCUT2D eigenvalue weighted by Gasteiger charge is -2.06. The highest BCUT2D eigenvalue weighted by atomic mass is 35.5. The van der Waals surface area contributed by atoms with Gasteiger partial charge < -0.3 is 4.57 Å². The van der Waals surface area contributed by atoms with Gasteiger partial charge in [0.15, 0.2) is 0 Å². The van der Waals surface area contributed by atoms with Gasteiger partial charge in [0.25, 0.3) is 0 Å². The third-order valence-corrected chi connectivity index (χ3v) is 3.71. The molecule has 0 amide bonds. The molecule has 0 unspecified atom stereocenters. The van der Waals surface area contributed by atoms with Gasteiger partial charge in [-0.1, -0.05) is 41.4 Å². The fourth-order valence-electron chi connectivity index (χ4n) is 2.24. The molecular weight excluding hydrogens is 265 g/mol. The van der Waals surface area contributed by atoms with Gasteiger partial charge in [-0.05, 0) is 30.3 Å². The zero-order valence-electron chi connectivity index (χ0n) is 9.82. The van der Waals surface area contributed by atoms with Crippen molar-refractivity contribution >= 4 is 34.1 Å². The minimum absolute atomic E-state index is 0.655. The molecule has 0 saturated heterocycles. The summed E-state index contributed by atoms with van der Waals surface area (Å²) < 4.78 is 2.14. The lowest BCUT2D eigenvalue weighted by molar-refractivity contribution is 0.978. The smallest absolute Gasteiger partial charge is 0.0514 e. The molecule has 0 radical (unpaired) electrons. The molecule has 0 aliphatic carbocycles. The highest BCUT2D eigenvalue weighted by Crippen LogP contribution is 2.33. The maximum atomic E-state index is 6.27. The molecule has 18 heavy (non-hydrogen) atoms. The van der Waals surface area contributed by atoms with Crippen LogP contribution in [0.25, 0.3) is 22.2 Å². The maximum absolute atomic E-state index is 6.27. The number of benzene rings is 2. The quantitative estimate of drug-likeness (QED) is 0.579. The van der Waals surface area contributed by atoms with Crippen LogP contribution in [-0.2, 0) is 7.05 Å². The van der Waals surface area contributed by atoms with E-state index >= 15 is 0 Å². The van der Waals surface area contributed by atoms with E-state index in [1.165, 1.54) is 10.9 Å². The third kappa shape index (κ3) is 1.80. The van der Waals surface area contributed by atoms with Gasteiger partial charge in [-0.2, -0.15) is 0 Å². The van der Waals surface area contributed by atoms with Crippen molar-refractivity contribution in [1.82, 2.24) is 4.57 Å². The van der Waals surface area contributed by atoms with Crippen LogP contribution in [0.4, 0.5) is 0 Å². The fraction of sp³-hybridized carbons (Fsp3) is 0.0667. The number of aryl methyl sites for hydroxylation is 1. The molecule has 3 rings (SSSR count). The number of rotatable bonds is 1. The molecule has 3 aromatic rings. The van der Waals surface area contributed by atoms with Crippen molar-refractivity contribution in [2.75, 3.05) is 0 Å². The highest BCUT2D eigenvalue weighted by Gasteiger charge is 2.10. The van der Waals surface area contributed by atoms with Gasteiger partial charge >= 0.3 is 0 Å². The van der Waals surface area contributed by atoms with E-state index in [1.54, 1.807) is 6.07 Å². The topological polar surface area (TPSA) is 4.93 Å². The molecule has 0 fully saturated rings. The summed E-state index contributed by atoms with van der Waals surface area (Å²) in [6, 6.07) is 16.0. The van der Waals surface area contributed by atoms with E-state index in [-0.39, 0.29) is 0 Å². The average Bonchev–Trinajstić information content (AvgIpc) is 2.68. The number of para-hydroxylation sites is 1. The molecular formula is C15H11Cl2N. The van der Waals surface area contributed by atoms with Crippen LogP contribution >= 0.6 is 23.2 Å². The Morgan fingerprint density at radius 1 is 0.944 bits per heavy atom. The highest BCUT2D eigenvalue weighted by molar-refractivity contribution is 6.36. The van der Waals surface area contributed by atoms with Crippen molar-refractivity contribution in [3.05, 3.63) is 58.6 Å². The Morgan fingerprint density at radius 2 is 1.72 bits per heavy atom. The van der Waals surface area contributed by atoms with E-state index in [1.807, 2.05) is 31.3 Å². The molecule has 0 spiro atoms. The fourth-order valence-corrected chi connectivity index (χ4v) is 2.75. The van der Waals surface area contributed by atoms with Gasteiger partial charge in [0.05, 0.1) is 10.7 Å². The molecule has 0 aliphatic heterocycles. The number of hydrogen-bond acceptors (Lipinski definition) is 0. The summed E-state index contributed by atoms with van der Waals surface area (Å²) in [4.78, 5) is 0. The van der Waals surface area contributed by atoms with Gasteiger partial charge in [-0.25, -0.2) is 0 Å². The minimum atomic E-state index is 0.655. The van der Waals surface area contributed by atoms with Crippen molar-refractivity contribution < 1.29 is 0 Å². The SMILES string of the molecule is Cn1c(-c2ccc(Cl)cc2Cl)cc2ccccc21. The predicted molar refractivity (Wildman–Crippen MR) is 78.4 cm³/mol. The van der Waals surface area contributed by atoms with Gasteiger partial charge in [0.2, 0.25) is 0 Å². The first-order chi connectivity index (χ1) is 8.66. The summed E-state index contributed by atoms with van der Waals surface area (Å²) in [6.07, 6.45) is 0. The van der Waals surface area contributed by atoms with Crippen molar-refractivity contribution in [2.24, 2.45) is 7.05 Å². The Bertz CT molecular complexity index is 728. The summed E-state index contributed by atoms with van der Waals surface area (Å²) in [6.45, 7) is 0. The Labute approximate surface area is 116 Å². The lowest BCUT2D eigenvalue weighted by atomic mass is 10.1. The number of halogens is 2. The molecule has 0 bridgehead atoms. The third-order valence-electron chi connectivity index (χ3n) is 3.16. The van der Waals surface area contributed by atoms with E-state index in [2.05, 4.69) is 22.8 Å². The molecule has 90 valence electrons. The maximum Gasteiger partial charge on any atom is 0.0514 e. The lowest BCUT2D eigenvalue weighted by Crippen LogP contribution is -1.91. The minimum Gasteiger partial charge on any atom is -0.344 e. The van der Waals surface area contributed by atoms with Crippen LogP contribution in [0.1, 0.15) is 0 Å². The number of aromatic nitrogens is 1. The number of hydrogen-bond donors (Lipinski definition) is 0. The number of nitrogens with zero attached hydrogens (tertiary/aromatic N) is 1. The monoisotopic (exact) mass is 275 g/mol. The summed E-state index contributed by atoms with van der Waals surface area (Å²) >= 11 is 12.2. The molecule has 0 N–H and O–H groups in total. The van der Waals surface area contributed by atoms with Crippen LogP contribution in [0, 0.1) is 0 Å². The van der Waals surface area contributed by atoms with E-state index < -0.39 is 0 Å². The Kier molecular flexibility index (Phi) is 2.81. The van der Waals surface area contributed by atoms with E-state index in [9.17, 15) is 0 Å². The Hall–Kier alpha value is -1.44. The zero-order chi connectivity index (χ0) is 12.7. The van der Waals surface area contributed by atoms with E-state index in [4.69, 9.17) is 23.2 Å². The normalized spacial score (nSPS) is 11.1. The Balaban J connectivity index is 2.28.